The molecule has 0 aliphatic rings. The molecule has 0 aliphatic carbocycles. The van der Waals surface area contributed by atoms with Crippen molar-refractivity contribution in [1.82, 2.24) is 5.32 Å². The molecule has 1 aromatic carbocycles. The Bertz CT molecular complexity index is 399. The first-order valence-electron chi connectivity index (χ1n) is 6.02. The number of rotatable bonds is 7. The molecule has 0 heterocycles. The van der Waals surface area contributed by atoms with Gasteiger partial charge in [0.05, 0.1) is 10.7 Å². The quantitative estimate of drug-likeness (QED) is 0.756. The smallest absolute Gasteiger partial charge is 0.251 e. The zero-order valence-electron chi connectivity index (χ0n) is 10.8. The van der Waals surface area contributed by atoms with Gasteiger partial charge in [-0.1, -0.05) is 18.5 Å². The Morgan fingerprint density at radius 1 is 1.44 bits per heavy atom. The summed E-state index contributed by atoms with van der Waals surface area (Å²) >= 11 is 8.01. The van der Waals surface area contributed by atoms with Gasteiger partial charge in [0.1, 0.15) is 0 Å². The number of hydrogen-bond donors (Lipinski definition) is 2. The van der Waals surface area contributed by atoms with Gasteiger partial charge in [0.2, 0.25) is 0 Å². The highest BCUT2D eigenvalue weighted by molar-refractivity contribution is 7.99. The van der Waals surface area contributed by atoms with Gasteiger partial charge in [-0.05, 0) is 36.1 Å². The minimum atomic E-state index is -0.101. The fraction of sp³-hybridized carbons (Fsp3) is 0.462. The molecule has 0 saturated carbocycles. The summed E-state index contributed by atoms with van der Waals surface area (Å²) < 4.78 is 0. The normalized spacial score (nSPS) is 10.2. The summed E-state index contributed by atoms with van der Waals surface area (Å²) in [5.41, 5.74) is 1.44. The van der Waals surface area contributed by atoms with Gasteiger partial charge in [0.15, 0.2) is 0 Å². The molecule has 100 valence electrons. The second kappa shape index (κ2) is 8.27. The molecule has 0 spiro atoms. The van der Waals surface area contributed by atoms with Crippen LogP contribution in [0.15, 0.2) is 18.2 Å². The predicted octanol–water partition coefficient (Wildman–Crippen LogP) is 3.25. The highest BCUT2D eigenvalue weighted by atomic mass is 35.5. The molecule has 0 aliphatic heterocycles. The second-order valence-corrected chi connectivity index (χ2v) is 5.55. The van der Waals surface area contributed by atoms with Crippen LogP contribution in [-0.2, 0) is 0 Å². The molecule has 1 rings (SSSR count). The van der Waals surface area contributed by atoms with Gasteiger partial charge >= 0.3 is 0 Å². The van der Waals surface area contributed by atoms with Gasteiger partial charge in [-0.2, -0.15) is 11.8 Å². The van der Waals surface area contributed by atoms with E-state index in [1.54, 1.807) is 25.2 Å². The molecule has 5 heteroatoms. The van der Waals surface area contributed by atoms with E-state index in [2.05, 4.69) is 17.6 Å². The summed E-state index contributed by atoms with van der Waals surface area (Å²) in [5, 5.41) is 6.51. The number of carbonyl (C=O) groups is 1. The molecular formula is C13H19ClN2OS. The minimum absolute atomic E-state index is 0.101. The third-order valence-electron chi connectivity index (χ3n) is 2.44. The van der Waals surface area contributed by atoms with Gasteiger partial charge in [0.25, 0.3) is 5.91 Å². The van der Waals surface area contributed by atoms with Crippen LogP contribution in [0.2, 0.25) is 5.02 Å². The van der Waals surface area contributed by atoms with E-state index < -0.39 is 0 Å². The maximum Gasteiger partial charge on any atom is 0.251 e. The number of carbonyl (C=O) groups excluding carboxylic acids is 1. The van der Waals surface area contributed by atoms with Crippen molar-refractivity contribution >= 4 is 35.0 Å². The van der Waals surface area contributed by atoms with Gasteiger partial charge in [-0.15, -0.1) is 0 Å². The van der Waals surface area contributed by atoms with Crippen molar-refractivity contribution in [2.45, 2.75) is 13.3 Å². The molecule has 0 fully saturated rings. The number of anilines is 1. The monoisotopic (exact) mass is 286 g/mol. The van der Waals surface area contributed by atoms with Crippen molar-refractivity contribution in [2.75, 3.05) is 30.4 Å². The molecule has 0 atom stereocenters. The highest BCUT2D eigenvalue weighted by Crippen LogP contribution is 2.23. The Kier molecular flexibility index (Phi) is 6.98. The van der Waals surface area contributed by atoms with Crippen LogP contribution in [0.5, 0.6) is 0 Å². The lowest BCUT2D eigenvalue weighted by molar-refractivity contribution is 0.0963. The van der Waals surface area contributed by atoms with E-state index in [4.69, 9.17) is 11.6 Å². The van der Waals surface area contributed by atoms with Crippen molar-refractivity contribution in [2.24, 2.45) is 0 Å². The topological polar surface area (TPSA) is 41.1 Å². The van der Waals surface area contributed by atoms with Crippen LogP contribution in [0.4, 0.5) is 5.69 Å². The molecular weight excluding hydrogens is 268 g/mol. The zero-order chi connectivity index (χ0) is 13.4. The highest BCUT2D eigenvalue weighted by Gasteiger charge is 2.06. The van der Waals surface area contributed by atoms with Crippen LogP contribution < -0.4 is 10.6 Å². The molecule has 0 unspecified atom stereocenters. The summed E-state index contributed by atoms with van der Waals surface area (Å²) in [6.07, 6.45) is 1.08. The molecule has 3 nitrogen and oxygen atoms in total. The Hall–Kier alpha value is -0.870. The average molecular weight is 287 g/mol. The Balaban J connectivity index is 2.56. The Morgan fingerprint density at radius 2 is 2.22 bits per heavy atom. The van der Waals surface area contributed by atoms with Gasteiger partial charge in [-0.3, -0.25) is 4.79 Å². The average Bonchev–Trinajstić information content (AvgIpc) is 2.39. The molecule has 0 radical (unpaired) electrons. The van der Waals surface area contributed by atoms with Gasteiger partial charge < -0.3 is 10.6 Å². The fourth-order valence-electron chi connectivity index (χ4n) is 1.49. The maximum absolute atomic E-state index is 11.5. The Labute approximate surface area is 118 Å². The molecule has 2 N–H and O–H groups in total. The van der Waals surface area contributed by atoms with E-state index in [9.17, 15) is 4.79 Å². The van der Waals surface area contributed by atoms with Crippen LogP contribution in [-0.4, -0.2) is 31.0 Å². The van der Waals surface area contributed by atoms with Gasteiger partial charge in [-0.25, -0.2) is 0 Å². The third-order valence-corrected chi connectivity index (χ3v) is 3.76. The number of benzene rings is 1. The van der Waals surface area contributed by atoms with Crippen molar-refractivity contribution in [3.63, 3.8) is 0 Å². The molecule has 0 aromatic heterocycles. The van der Waals surface area contributed by atoms with Crippen LogP contribution in [0, 0.1) is 0 Å². The first-order valence-corrected chi connectivity index (χ1v) is 7.55. The molecule has 1 amide bonds. The van der Waals surface area contributed by atoms with Crippen LogP contribution in [0.3, 0.4) is 0 Å². The number of nitrogens with one attached hydrogen (secondary N) is 2. The van der Waals surface area contributed by atoms with E-state index in [0.29, 0.717) is 10.6 Å². The third kappa shape index (κ3) is 4.78. The lowest BCUT2D eigenvalue weighted by Crippen LogP contribution is -2.18. The van der Waals surface area contributed by atoms with E-state index in [1.165, 1.54) is 0 Å². The van der Waals surface area contributed by atoms with Crippen molar-refractivity contribution in [3.05, 3.63) is 28.8 Å². The summed E-state index contributed by atoms with van der Waals surface area (Å²) in [6.45, 7) is 3.02. The van der Waals surface area contributed by atoms with E-state index >= 15 is 0 Å². The van der Waals surface area contributed by atoms with E-state index in [0.717, 1.165) is 30.2 Å². The van der Waals surface area contributed by atoms with Crippen LogP contribution in [0.25, 0.3) is 0 Å². The predicted molar refractivity (Wildman–Crippen MR) is 80.9 cm³/mol. The largest absolute Gasteiger partial charge is 0.384 e. The van der Waals surface area contributed by atoms with Crippen LogP contribution >= 0.6 is 23.4 Å². The zero-order valence-corrected chi connectivity index (χ0v) is 12.3. The van der Waals surface area contributed by atoms with Crippen molar-refractivity contribution < 1.29 is 4.79 Å². The number of hydrogen-bond acceptors (Lipinski definition) is 3. The summed E-state index contributed by atoms with van der Waals surface area (Å²) in [6, 6.07) is 5.25. The van der Waals surface area contributed by atoms with Crippen LogP contribution in [0.1, 0.15) is 23.7 Å². The first kappa shape index (κ1) is 15.2. The SMILES string of the molecule is CCSCCCNc1cc(C(=O)NC)ccc1Cl. The van der Waals surface area contributed by atoms with Crippen molar-refractivity contribution in [3.8, 4) is 0 Å². The molecule has 0 saturated heterocycles. The number of halogens is 1. The lowest BCUT2D eigenvalue weighted by Gasteiger charge is -2.10. The van der Waals surface area contributed by atoms with Gasteiger partial charge in [0, 0.05) is 19.2 Å². The van der Waals surface area contributed by atoms with E-state index in [-0.39, 0.29) is 5.91 Å². The van der Waals surface area contributed by atoms with E-state index in [1.807, 2.05) is 11.8 Å². The number of thioether (sulfide) groups is 1. The molecule has 18 heavy (non-hydrogen) atoms. The summed E-state index contributed by atoms with van der Waals surface area (Å²) in [4.78, 5) is 11.5. The second-order valence-electron chi connectivity index (χ2n) is 3.75. The molecule has 0 bridgehead atoms. The number of amides is 1. The lowest BCUT2D eigenvalue weighted by atomic mass is 10.2. The standard InChI is InChI=1S/C13H19ClN2OS/c1-3-18-8-4-7-16-12-9-10(13(17)15-2)5-6-11(12)14/h5-6,9,16H,3-4,7-8H2,1-2H3,(H,15,17). The summed E-state index contributed by atoms with van der Waals surface area (Å²) in [5.74, 6) is 2.18. The van der Waals surface area contributed by atoms with Crippen molar-refractivity contribution in [1.29, 1.82) is 0 Å². The Morgan fingerprint density at radius 3 is 2.89 bits per heavy atom. The first-order chi connectivity index (χ1) is 8.69. The minimum Gasteiger partial charge on any atom is -0.384 e. The fourth-order valence-corrected chi connectivity index (χ4v) is 2.31. The molecule has 1 aromatic rings. The summed E-state index contributed by atoms with van der Waals surface area (Å²) in [7, 11) is 1.62. The maximum atomic E-state index is 11.5.